The number of benzene rings is 1. The van der Waals surface area contributed by atoms with E-state index < -0.39 is 0 Å². The Labute approximate surface area is 132 Å². The molecular weight excluding hydrogens is 298 g/mol. The average Bonchev–Trinajstić information content (AvgIpc) is 2.55. The topological polar surface area (TPSA) is 54.9 Å². The van der Waals surface area contributed by atoms with E-state index in [4.69, 9.17) is 11.6 Å². The summed E-state index contributed by atoms with van der Waals surface area (Å²) in [4.78, 5) is 20.2. The lowest BCUT2D eigenvalue weighted by atomic mass is 10.2. The van der Waals surface area contributed by atoms with Crippen LogP contribution < -0.4 is 5.32 Å². The van der Waals surface area contributed by atoms with E-state index in [9.17, 15) is 4.79 Å². The summed E-state index contributed by atoms with van der Waals surface area (Å²) in [7, 11) is 0. The van der Waals surface area contributed by atoms with Crippen LogP contribution in [0.2, 0.25) is 5.15 Å². The Kier molecular flexibility index (Phi) is 4.12. The fourth-order valence-electron chi connectivity index (χ4n) is 1.97. The average molecular weight is 310 g/mol. The van der Waals surface area contributed by atoms with E-state index in [1.807, 2.05) is 36.4 Å². The van der Waals surface area contributed by atoms with E-state index in [1.54, 1.807) is 18.2 Å². The third-order valence-corrected chi connectivity index (χ3v) is 3.24. The number of fused-ring (bicyclic) bond motifs is 1. The number of anilines is 1. The summed E-state index contributed by atoms with van der Waals surface area (Å²) in [6.07, 6.45) is 4.61. The highest BCUT2D eigenvalue weighted by atomic mass is 35.5. The molecule has 108 valence electrons. The highest BCUT2D eigenvalue weighted by molar-refractivity contribution is 6.29. The second-order valence-corrected chi connectivity index (χ2v) is 5.01. The van der Waals surface area contributed by atoms with Crippen molar-refractivity contribution in [3.63, 3.8) is 0 Å². The smallest absolute Gasteiger partial charge is 0.248 e. The number of hydrogen-bond acceptors (Lipinski definition) is 3. The molecule has 1 amide bonds. The predicted octanol–water partition coefficient (Wildman–Crippen LogP) is 3.94. The molecule has 22 heavy (non-hydrogen) atoms. The third kappa shape index (κ3) is 3.48. The third-order valence-electron chi connectivity index (χ3n) is 3.02. The Morgan fingerprint density at radius 3 is 2.77 bits per heavy atom. The number of carbonyl (C=O) groups excluding carboxylic acids is 1. The molecule has 0 aliphatic rings. The van der Waals surface area contributed by atoms with Gasteiger partial charge in [-0.2, -0.15) is 0 Å². The van der Waals surface area contributed by atoms with Crippen LogP contribution in [0.15, 0.2) is 60.8 Å². The number of pyridine rings is 2. The van der Waals surface area contributed by atoms with Crippen molar-refractivity contribution in [3.8, 4) is 0 Å². The van der Waals surface area contributed by atoms with Gasteiger partial charge in [-0.05, 0) is 30.3 Å². The number of halogens is 1. The van der Waals surface area contributed by atoms with Crippen LogP contribution in [-0.4, -0.2) is 15.9 Å². The van der Waals surface area contributed by atoms with E-state index in [-0.39, 0.29) is 5.91 Å². The Balaban J connectivity index is 1.71. The van der Waals surface area contributed by atoms with Crippen molar-refractivity contribution in [2.45, 2.75) is 0 Å². The largest absolute Gasteiger partial charge is 0.321 e. The molecule has 0 saturated heterocycles. The van der Waals surface area contributed by atoms with Crippen LogP contribution in [0.25, 0.3) is 17.0 Å². The molecule has 0 atom stereocenters. The molecule has 0 spiro atoms. The maximum atomic E-state index is 11.8. The van der Waals surface area contributed by atoms with E-state index in [0.29, 0.717) is 10.8 Å². The number of hydrogen-bond donors (Lipinski definition) is 1. The Morgan fingerprint density at radius 1 is 1.09 bits per heavy atom. The van der Waals surface area contributed by atoms with Crippen LogP contribution >= 0.6 is 11.6 Å². The van der Waals surface area contributed by atoms with Gasteiger partial charge >= 0.3 is 0 Å². The van der Waals surface area contributed by atoms with Gasteiger partial charge in [0.05, 0.1) is 23.1 Å². The number of nitrogens with one attached hydrogen (secondary N) is 1. The van der Waals surface area contributed by atoms with Gasteiger partial charge in [-0.25, -0.2) is 9.97 Å². The maximum absolute atomic E-state index is 11.8. The number of rotatable bonds is 3. The number of nitrogens with zero attached hydrogens (tertiary/aromatic N) is 2. The molecule has 2 aromatic heterocycles. The van der Waals surface area contributed by atoms with E-state index >= 15 is 0 Å². The molecule has 5 heteroatoms. The molecule has 0 bridgehead atoms. The number of carbonyl (C=O) groups is 1. The predicted molar refractivity (Wildman–Crippen MR) is 88.7 cm³/mol. The van der Waals surface area contributed by atoms with Gasteiger partial charge in [-0.1, -0.05) is 35.9 Å². The SMILES string of the molecule is O=C(/C=C/c1ccc2ccccc2n1)Nc1ccc(Cl)nc1. The van der Waals surface area contributed by atoms with Crippen LogP contribution in [0.1, 0.15) is 5.69 Å². The van der Waals surface area contributed by atoms with Crippen LogP contribution in [0.4, 0.5) is 5.69 Å². The van der Waals surface area contributed by atoms with Crippen molar-refractivity contribution in [1.82, 2.24) is 9.97 Å². The minimum absolute atomic E-state index is 0.251. The monoisotopic (exact) mass is 309 g/mol. The van der Waals surface area contributed by atoms with Gasteiger partial charge in [-0.3, -0.25) is 4.79 Å². The van der Waals surface area contributed by atoms with Gasteiger partial charge in [-0.15, -0.1) is 0 Å². The van der Waals surface area contributed by atoms with Gasteiger partial charge in [0.2, 0.25) is 5.91 Å². The lowest BCUT2D eigenvalue weighted by molar-refractivity contribution is -0.111. The van der Waals surface area contributed by atoms with Gasteiger partial charge in [0.25, 0.3) is 0 Å². The van der Waals surface area contributed by atoms with E-state index in [2.05, 4.69) is 15.3 Å². The summed E-state index contributed by atoms with van der Waals surface area (Å²) in [6.45, 7) is 0. The Morgan fingerprint density at radius 2 is 1.95 bits per heavy atom. The molecule has 3 rings (SSSR count). The van der Waals surface area contributed by atoms with Crippen molar-refractivity contribution in [2.24, 2.45) is 0 Å². The number of para-hydroxylation sites is 1. The van der Waals surface area contributed by atoms with Crippen molar-refractivity contribution in [1.29, 1.82) is 0 Å². The first kappa shape index (κ1) is 14.2. The second-order valence-electron chi connectivity index (χ2n) is 4.62. The molecule has 2 heterocycles. The lowest BCUT2D eigenvalue weighted by Gasteiger charge is -2.01. The van der Waals surface area contributed by atoms with Crippen molar-refractivity contribution < 1.29 is 4.79 Å². The summed E-state index contributed by atoms with van der Waals surface area (Å²) in [5.41, 5.74) is 2.21. The molecule has 0 aliphatic carbocycles. The summed E-state index contributed by atoms with van der Waals surface area (Å²) in [5.74, 6) is -0.251. The van der Waals surface area contributed by atoms with Gasteiger partial charge in [0.15, 0.2) is 0 Å². The first-order valence-electron chi connectivity index (χ1n) is 6.67. The number of aromatic nitrogens is 2. The fraction of sp³-hybridized carbons (Fsp3) is 0. The van der Waals surface area contributed by atoms with Crippen LogP contribution in [-0.2, 0) is 4.79 Å². The van der Waals surface area contributed by atoms with Crippen molar-refractivity contribution >= 4 is 40.2 Å². The Hall–Kier alpha value is -2.72. The molecular formula is C17H12ClN3O. The van der Waals surface area contributed by atoms with E-state index in [0.717, 1.165) is 16.6 Å². The first-order valence-corrected chi connectivity index (χ1v) is 7.05. The molecule has 0 fully saturated rings. The highest BCUT2D eigenvalue weighted by Gasteiger charge is 1.99. The second kappa shape index (κ2) is 6.37. The lowest BCUT2D eigenvalue weighted by Crippen LogP contribution is -2.07. The van der Waals surface area contributed by atoms with Crippen LogP contribution in [0.3, 0.4) is 0 Å². The van der Waals surface area contributed by atoms with Crippen LogP contribution in [0, 0.1) is 0 Å². The summed E-state index contributed by atoms with van der Waals surface area (Å²) in [5, 5.41) is 4.15. The molecule has 0 radical (unpaired) electrons. The molecule has 0 aliphatic heterocycles. The summed E-state index contributed by atoms with van der Waals surface area (Å²) < 4.78 is 0. The van der Waals surface area contributed by atoms with E-state index in [1.165, 1.54) is 12.3 Å². The molecule has 1 aromatic carbocycles. The zero-order valence-electron chi connectivity index (χ0n) is 11.5. The fourth-order valence-corrected chi connectivity index (χ4v) is 2.08. The minimum Gasteiger partial charge on any atom is -0.321 e. The number of amides is 1. The van der Waals surface area contributed by atoms with Gasteiger partial charge in [0.1, 0.15) is 5.15 Å². The standard InChI is InChI=1S/C17H12ClN3O/c18-16-9-7-14(11-19-16)21-17(22)10-8-13-6-5-12-3-1-2-4-15(12)20-13/h1-11H,(H,21,22)/b10-8+. The molecule has 0 unspecified atom stereocenters. The summed E-state index contributed by atoms with van der Waals surface area (Å²) >= 11 is 5.69. The molecule has 3 aromatic rings. The zero-order valence-corrected chi connectivity index (χ0v) is 12.3. The normalized spacial score (nSPS) is 11.0. The minimum atomic E-state index is -0.251. The van der Waals surface area contributed by atoms with Gasteiger partial charge < -0.3 is 5.32 Å². The quantitative estimate of drug-likeness (QED) is 0.589. The van der Waals surface area contributed by atoms with Gasteiger partial charge in [0, 0.05) is 11.5 Å². The first-order chi connectivity index (χ1) is 10.7. The van der Waals surface area contributed by atoms with Crippen molar-refractivity contribution in [3.05, 3.63) is 71.7 Å². The molecule has 1 N–H and O–H groups in total. The zero-order chi connectivity index (χ0) is 15.4. The maximum Gasteiger partial charge on any atom is 0.248 e. The highest BCUT2D eigenvalue weighted by Crippen LogP contribution is 2.13. The van der Waals surface area contributed by atoms with Crippen LogP contribution in [0.5, 0.6) is 0 Å². The Bertz CT molecular complexity index is 844. The summed E-state index contributed by atoms with van der Waals surface area (Å²) in [6, 6.07) is 15.0. The van der Waals surface area contributed by atoms with Crippen molar-refractivity contribution in [2.75, 3.05) is 5.32 Å². The molecule has 4 nitrogen and oxygen atoms in total. The molecule has 0 saturated carbocycles.